The highest BCUT2D eigenvalue weighted by Gasteiger charge is 2.50. The number of anilines is 1. The molecule has 3 unspecified atom stereocenters. The van der Waals surface area contributed by atoms with Crippen LogP contribution >= 0.6 is 0 Å². The van der Waals surface area contributed by atoms with Gasteiger partial charge in [0, 0.05) is 18.3 Å². The number of aryl methyl sites for hydroxylation is 1. The summed E-state index contributed by atoms with van der Waals surface area (Å²) in [7, 11) is -3.04. The predicted octanol–water partition coefficient (Wildman–Crippen LogP) is 1.61. The summed E-state index contributed by atoms with van der Waals surface area (Å²) in [4.78, 5) is 26.7. The zero-order valence-electron chi connectivity index (χ0n) is 14.6. The van der Waals surface area contributed by atoms with Gasteiger partial charge in [-0.2, -0.15) is 0 Å². The highest BCUT2D eigenvalue weighted by atomic mass is 32.2. The first-order valence-electron chi connectivity index (χ1n) is 8.69. The molecule has 136 valence electrons. The highest BCUT2D eigenvalue weighted by Crippen LogP contribution is 2.41. The number of carbonyl (C=O) groups is 2. The Balaban J connectivity index is 1.60. The molecule has 2 aliphatic rings. The van der Waals surface area contributed by atoms with Gasteiger partial charge >= 0.3 is 0 Å². The van der Waals surface area contributed by atoms with E-state index < -0.39 is 9.84 Å². The molecule has 1 aromatic rings. The SMILES string of the molecule is CCN(C(=O)C1CC1C(=O)Nc1cccc(C)c1)C1CCS(=O)(=O)C1. The van der Waals surface area contributed by atoms with Gasteiger partial charge in [-0.15, -0.1) is 0 Å². The van der Waals surface area contributed by atoms with Gasteiger partial charge in [-0.05, 0) is 44.4 Å². The summed E-state index contributed by atoms with van der Waals surface area (Å²) >= 11 is 0. The fourth-order valence-corrected chi connectivity index (χ4v) is 5.27. The fourth-order valence-electron chi connectivity index (χ4n) is 3.54. The highest BCUT2D eigenvalue weighted by molar-refractivity contribution is 7.91. The lowest BCUT2D eigenvalue weighted by Crippen LogP contribution is -2.42. The normalized spacial score (nSPS) is 26.9. The summed E-state index contributed by atoms with van der Waals surface area (Å²) in [6.45, 7) is 4.28. The van der Waals surface area contributed by atoms with Crippen molar-refractivity contribution in [2.75, 3.05) is 23.4 Å². The zero-order chi connectivity index (χ0) is 18.2. The van der Waals surface area contributed by atoms with Crippen molar-refractivity contribution in [3.63, 3.8) is 0 Å². The van der Waals surface area contributed by atoms with Crippen molar-refractivity contribution in [3.8, 4) is 0 Å². The minimum absolute atomic E-state index is 0.0411. The van der Waals surface area contributed by atoms with Crippen LogP contribution < -0.4 is 5.32 Å². The molecule has 25 heavy (non-hydrogen) atoms. The topological polar surface area (TPSA) is 83.6 Å². The molecule has 6 nitrogen and oxygen atoms in total. The molecule has 0 bridgehead atoms. The van der Waals surface area contributed by atoms with Gasteiger partial charge in [0.05, 0.1) is 23.3 Å². The van der Waals surface area contributed by atoms with Crippen LogP contribution in [-0.4, -0.2) is 49.2 Å². The Morgan fingerprint density at radius 3 is 2.64 bits per heavy atom. The Bertz CT molecular complexity index is 790. The standard InChI is InChI=1S/C18H24N2O4S/c1-3-20(14-7-8-25(23,24)11-14)18(22)16-10-15(16)17(21)19-13-6-4-5-12(2)9-13/h4-6,9,14-16H,3,7-8,10-11H2,1-2H3,(H,19,21). The number of rotatable bonds is 5. The van der Waals surface area contributed by atoms with Crippen LogP contribution in [0.4, 0.5) is 5.69 Å². The number of benzene rings is 1. The first-order chi connectivity index (χ1) is 11.8. The number of nitrogens with one attached hydrogen (secondary N) is 1. The van der Waals surface area contributed by atoms with E-state index >= 15 is 0 Å². The average Bonchev–Trinajstić information content (AvgIpc) is 3.26. The largest absolute Gasteiger partial charge is 0.339 e. The van der Waals surface area contributed by atoms with Crippen LogP contribution in [0, 0.1) is 18.8 Å². The van der Waals surface area contributed by atoms with Crippen LogP contribution in [-0.2, 0) is 19.4 Å². The van der Waals surface area contributed by atoms with E-state index in [0.717, 1.165) is 11.3 Å². The second-order valence-corrected chi connectivity index (χ2v) is 9.22. The molecule has 1 aliphatic carbocycles. The van der Waals surface area contributed by atoms with Crippen LogP contribution in [0.15, 0.2) is 24.3 Å². The molecule has 0 radical (unpaired) electrons. The minimum Gasteiger partial charge on any atom is -0.339 e. The van der Waals surface area contributed by atoms with Crippen LogP contribution in [0.2, 0.25) is 0 Å². The van der Waals surface area contributed by atoms with Crippen molar-refractivity contribution in [1.29, 1.82) is 0 Å². The molecule has 3 rings (SSSR count). The number of hydrogen-bond donors (Lipinski definition) is 1. The van der Waals surface area contributed by atoms with Gasteiger partial charge in [0.15, 0.2) is 9.84 Å². The Morgan fingerprint density at radius 2 is 2.04 bits per heavy atom. The number of carbonyl (C=O) groups excluding carboxylic acids is 2. The van der Waals surface area contributed by atoms with Gasteiger partial charge in [-0.25, -0.2) is 8.42 Å². The van der Waals surface area contributed by atoms with Gasteiger partial charge in [0.1, 0.15) is 0 Å². The first-order valence-corrected chi connectivity index (χ1v) is 10.5. The Hall–Kier alpha value is -1.89. The zero-order valence-corrected chi connectivity index (χ0v) is 15.4. The molecule has 1 heterocycles. The lowest BCUT2D eigenvalue weighted by molar-refractivity contribution is -0.135. The summed E-state index contributed by atoms with van der Waals surface area (Å²) in [5.74, 6) is -0.691. The van der Waals surface area contributed by atoms with E-state index in [1.807, 2.05) is 38.1 Å². The van der Waals surface area contributed by atoms with Crippen molar-refractivity contribution in [1.82, 2.24) is 4.90 Å². The number of hydrogen-bond acceptors (Lipinski definition) is 4. The first kappa shape index (κ1) is 17.9. The average molecular weight is 364 g/mol. The number of sulfone groups is 1. The fraction of sp³-hybridized carbons (Fsp3) is 0.556. The molecule has 2 fully saturated rings. The van der Waals surface area contributed by atoms with E-state index in [-0.39, 0.29) is 41.2 Å². The molecule has 7 heteroatoms. The molecule has 1 saturated heterocycles. The monoisotopic (exact) mass is 364 g/mol. The quantitative estimate of drug-likeness (QED) is 0.860. The lowest BCUT2D eigenvalue weighted by Gasteiger charge is -2.27. The van der Waals surface area contributed by atoms with Crippen LogP contribution in [0.3, 0.4) is 0 Å². The molecule has 0 spiro atoms. The second kappa shape index (κ2) is 6.78. The van der Waals surface area contributed by atoms with Gasteiger partial charge in [0.25, 0.3) is 0 Å². The molecule has 2 amide bonds. The predicted molar refractivity (Wildman–Crippen MR) is 95.9 cm³/mol. The Kier molecular flexibility index (Phi) is 4.86. The minimum atomic E-state index is -3.04. The Morgan fingerprint density at radius 1 is 1.28 bits per heavy atom. The molecule has 1 aromatic carbocycles. The summed E-state index contributed by atoms with van der Waals surface area (Å²) in [6, 6.07) is 7.29. The third-order valence-electron chi connectivity index (χ3n) is 5.00. The third-order valence-corrected chi connectivity index (χ3v) is 6.75. The summed E-state index contributed by atoms with van der Waals surface area (Å²) in [6.07, 6.45) is 1.03. The van der Waals surface area contributed by atoms with Gasteiger partial charge in [0.2, 0.25) is 11.8 Å². The second-order valence-electron chi connectivity index (χ2n) is 6.99. The van der Waals surface area contributed by atoms with E-state index in [2.05, 4.69) is 5.32 Å². The summed E-state index contributed by atoms with van der Waals surface area (Å²) < 4.78 is 23.3. The number of nitrogens with zero attached hydrogens (tertiary/aromatic N) is 1. The molecule has 1 N–H and O–H groups in total. The van der Waals surface area contributed by atoms with Gasteiger partial charge < -0.3 is 10.2 Å². The van der Waals surface area contributed by atoms with Crippen molar-refractivity contribution in [2.45, 2.75) is 32.7 Å². The maximum atomic E-state index is 12.7. The van der Waals surface area contributed by atoms with E-state index in [9.17, 15) is 18.0 Å². The lowest BCUT2D eigenvalue weighted by atomic mass is 10.1. The summed E-state index contributed by atoms with van der Waals surface area (Å²) in [5, 5.41) is 2.86. The van der Waals surface area contributed by atoms with Crippen LogP contribution in [0.1, 0.15) is 25.3 Å². The van der Waals surface area contributed by atoms with Crippen molar-refractivity contribution < 1.29 is 18.0 Å². The molecule has 1 saturated carbocycles. The van der Waals surface area contributed by atoms with Gasteiger partial charge in [-0.3, -0.25) is 9.59 Å². The summed E-state index contributed by atoms with van der Waals surface area (Å²) in [5.41, 5.74) is 1.79. The van der Waals surface area contributed by atoms with E-state index in [1.54, 1.807) is 4.90 Å². The number of amides is 2. The molecule has 0 aromatic heterocycles. The molecule has 1 aliphatic heterocycles. The molecular weight excluding hydrogens is 340 g/mol. The smallest absolute Gasteiger partial charge is 0.228 e. The van der Waals surface area contributed by atoms with Crippen LogP contribution in [0.5, 0.6) is 0 Å². The van der Waals surface area contributed by atoms with Gasteiger partial charge in [-0.1, -0.05) is 12.1 Å². The molecular formula is C18H24N2O4S. The van der Waals surface area contributed by atoms with Crippen LogP contribution in [0.25, 0.3) is 0 Å². The Labute approximate surface area is 148 Å². The maximum absolute atomic E-state index is 12.7. The van der Waals surface area contributed by atoms with E-state index in [1.165, 1.54) is 0 Å². The van der Waals surface area contributed by atoms with Crippen molar-refractivity contribution in [2.24, 2.45) is 11.8 Å². The maximum Gasteiger partial charge on any atom is 0.228 e. The van der Waals surface area contributed by atoms with E-state index in [0.29, 0.717) is 19.4 Å². The van der Waals surface area contributed by atoms with E-state index in [4.69, 9.17) is 0 Å². The third kappa shape index (κ3) is 4.03. The molecule has 3 atom stereocenters. The van der Waals surface area contributed by atoms with Crippen molar-refractivity contribution >= 4 is 27.3 Å². The van der Waals surface area contributed by atoms with Crippen molar-refractivity contribution in [3.05, 3.63) is 29.8 Å².